The van der Waals surface area contributed by atoms with Crippen molar-refractivity contribution in [1.82, 2.24) is 0 Å². The monoisotopic (exact) mass is 372 g/mol. The molecule has 1 N–H and O–H groups in total. The molecular formula is C14H11Br2FO. The van der Waals surface area contributed by atoms with Crippen molar-refractivity contribution in [3.63, 3.8) is 0 Å². The van der Waals surface area contributed by atoms with E-state index in [1.54, 1.807) is 12.1 Å². The first-order chi connectivity index (χ1) is 8.58. The Labute approximate surface area is 122 Å². The highest BCUT2D eigenvalue weighted by Crippen LogP contribution is 2.28. The van der Waals surface area contributed by atoms with Crippen LogP contribution in [0.15, 0.2) is 51.4 Å². The third kappa shape index (κ3) is 3.19. The maximum atomic E-state index is 13.4. The van der Waals surface area contributed by atoms with E-state index in [2.05, 4.69) is 31.9 Å². The average molecular weight is 374 g/mol. The lowest BCUT2D eigenvalue weighted by Crippen LogP contribution is -2.03. The summed E-state index contributed by atoms with van der Waals surface area (Å²) in [6.45, 7) is 0. The van der Waals surface area contributed by atoms with Gasteiger partial charge < -0.3 is 5.11 Å². The molecule has 94 valence electrons. The Morgan fingerprint density at radius 3 is 2.56 bits per heavy atom. The third-order valence-electron chi connectivity index (χ3n) is 2.66. The van der Waals surface area contributed by atoms with Crippen LogP contribution in [0.1, 0.15) is 17.2 Å². The summed E-state index contributed by atoms with van der Waals surface area (Å²) in [7, 11) is 0. The summed E-state index contributed by atoms with van der Waals surface area (Å²) in [6, 6.07) is 12.4. The van der Waals surface area contributed by atoms with Gasteiger partial charge in [0.05, 0.1) is 10.6 Å². The van der Waals surface area contributed by atoms with E-state index in [0.29, 0.717) is 16.5 Å². The van der Waals surface area contributed by atoms with Crippen molar-refractivity contribution in [1.29, 1.82) is 0 Å². The van der Waals surface area contributed by atoms with Gasteiger partial charge in [-0.05, 0) is 45.3 Å². The highest BCUT2D eigenvalue weighted by atomic mass is 79.9. The summed E-state index contributed by atoms with van der Waals surface area (Å²) in [6.07, 6.45) is -0.286. The number of halogens is 3. The highest BCUT2D eigenvalue weighted by Gasteiger charge is 2.14. The fourth-order valence-corrected chi connectivity index (χ4v) is 2.75. The lowest BCUT2D eigenvalue weighted by Gasteiger charge is -2.13. The predicted octanol–water partition coefficient (Wildman–Crippen LogP) is 4.63. The molecule has 0 aliphatic carbocycles. The molecule has 1 atom stereocenters. The zero-order chi connectivity index (χ0) is 13.1. The Bertz CT molecular complexity index is 557. The Balaban J connectivity index is 2.22. The van der Waals surface area contributed by atoms with E-state index in [0.717, 1.165) is 10.0 Å². The third-order valence-corrected chi connectivity index (χ3v) is 3.99. The Kier molecular flexibility index (Phi) is 4.54. The van der Waals surface area contributed by atoms with Crippen LogP contribution in [-0.4, -0.2) is 5.11 Å². The smallest absolute Gasteiger partial charge is 0.137 e. The van der Waals surface area contributed by atoms with E-state index in [-0.39, 0.29) is 5.82 Å². The number of aliphatic hydroxyl groups is 1. The quantitative estimate of drug-likeness (QED) is 0.831. The van der Waals surface area contributed by atoms with E-state index in [9.17, 15) is 9.50 Å². The lowest BCUT2D eigenvalue weighted by molar-refractivity contribution is 0.177. The summed E-state index contributed by atoms with van der Waals surface area (Å²) in [5.41, 5.74) is 1.56. The van der Waals surface area contributed by atoms with Crippen LogP contribution in [-0.2, 0) is 6.42 Å². The van der Waals surface area contributed by atoms with Gasteiger partial charge in [-0.3, -0.25) is 0 Å². The largest absolute Gasteiger partial charge is 0.388 e. The Morgan fingerprint density at radius 1 is 1.11 bits per heavy atom. The second kappa shape index (κ2) is 5.95. The normalized spacial score (nSPS) is 12.4. The van der Waals surface area contributed by atoms with Crippen molar-refractivity contribution in [2.75, 3.05) is 0 Å². The molecule has 18 heavy (non-hydrogen) atoms. The molecular weight excluding hydrogens is 363 g/mol. The number of hydrogen-bond donors (Lipinski definition) is 1. The Morgan fingerprint density at radius 2 is 1.83 bits per heavy atom. The molecule has 4 heteroatoms. The van der Waals surface area contributed by atoms with Gasteiger partial charge in [0.25, 0.3) is 0 Å². The molecule has 0 aliphatic heterocycles. The van der Waals surface area contributed by atoms with Gasteiger partial charge in [0.2, 0.25) is 0 Å². The van der Waals surface area contributed by atoms with E-state index in [4.69, 9.17) is 0 Å². The van der Waals surface area contributed by atoms with Crippen LogP contribution >= 0.6 is 31.9 Å². The number of aliphatic hydroxyl groups excluding tert-OH is 1. The molecule has 0 saturated carbocycles. The van der Waals surface area contributed by atoms with Crippen LogP contribution in [0.25, 0.3) is 0 Å². The zero-order valence-corrected chi connectivity index (χ0v) is 12.6. The van der Waals surface area contributed by atoms with Gasteiger partial charge in [-0.15, -0.1) is 0 Å². The summed E-state index contributed by atoms with van der Waals surface area (Å²) < 4.78 is 14.7. The summed E-state index contributed by atoms with van der Waals surface area (Å²) in [5.74, 6) is -0.360. The van der Waals surface area contributed by atoms with Crippen LogP contribution in [0.5, 0.6) is 0 Å². The second-order valence-electron chi connectivity index (χ2n) is 3.99. The molecule has 2 aromatic carbocycles. The predicted molar refractivity (Wildman–Crippen MR) is 76.9 cm³/mol. The molecule has 0 radical (unpaired) electrons. The maximum Gasteiger partial charge on any atom is 0.137 e. The van der Waals surface area contributed by atoms with Crippen molar-refractivity contribution >= 4 is 31.9 Å². The van der Waals surface area contributed by atoms with Gasteiger partial charge >= 0.3 is 0 Å². The van der Waals surface area contributed by atoms with Crippen LogP contribution in [0.3, 0.4) is 0 Å². The molecule has 0 amide bonds. The van der Waals surface area contributed by atoms with Crippen molar-refractivity contribution in [2.45, 2.75) is 12.5 Å². The van der Waals surface area contributed by atoms with Gasteiger partial charge in [-0.2, -0.15) is 0 Å². The van der Waals surface area contributed by atoms with Gasteiger partial charge in [0.1, 0.15) is 5.82 Å². The molecule has 0 aliphatic rings. The second-order valence-corrected chi connectivity index (χ2v) is 5.70. The molecule has 0 bridgehead atoms. The molecule has 0 heterocycles. The fourth-order valence-electron chi connectivity index (χ4n) is 1.77. The Hall–Kier alpha value is -0.710. The summed E-state index contributed by atoms with van der Waals surface area (Å²) >= 11 is 6.55. The lowest BCUT2D eigenvalue weighted by atomic mass is 10.0. The molecule has 0 saturated heterocycles. The van der Waals surface area contributed by atoms with Crippen molar-refractivity contribution in [3.05, 3.63) is 68.4 Å². The standard InChI is InChI=1S/C14H11Br2FO/c15-10-4-1-3-9(7-10)8-13(18)11-5-2-6-12(17)14(11)16/h1-7,13,18H,8H2. The first-order valence-electron chi connectivity index (χ1n) is 5.44. The summed E-state index contributed by atoms with van der Waals surface area (Å²) in [4.78, 5) is 0. The highest BCUT2D eigenvalue weighted by molar-refractivity contribution is 9.10. The maximum absolute atomic E-state index is 13.4. The minimum Gasteiger partial charge on any atom is -0.388 e. The molecule has 1 nitrogen and oxygen atoms in total. The van der Waals surface area contributed by atoms with E-state index in [1.807, 2.05) is 24.3 Å². The molecule has 0 spiro atoms. The van der Waals surface area contributed by atoms with Gasteiger partial charge in [0, 0.05) is 10.9 Å². The number of rotatable bonds is 3. The van der Waals surface area contributed by atoms with E-state index in [1.165, 1.54) is 6.07 Å². The molecule has 2 rings (SSSR count). The van der Waals surface area contributed by atoms with Gasteiger partial charge in [-0.25, -0.2) is 4.39 Å². The molecule has 2 aromatic rings. The number of benzene rings is 2. The SMILES string of the molecule is OC(Cc1cccc(Br)c1)c1cccc(F)c1Br. The summed E-state index contributed by atoms with van der Waals surface area (Å²) in [5, 5.41) is 10.2. The first kappa shape index (κ1) is 13.7. The zero-order valence-electron chi connectivity index (χ0n) is 9.41. The minimum absolute atomic E-state index is 0.326. The van der Waals surface area contributed by atoms with E-state index >= 15 is 0 Å². The van der Waals surface area contributed by atoms with Crippen LogP contribution in [0, 0.1) is 5.82 Å². The van der Waals surface area contributed by atoms with Crippen LogP contribution in [0.4, 0.5) is 4.39 Å². The fraction of sp³-hybridized carbons (Fsp3) is 0.143. The van der Waals surface area contributed by atoms with E-state index < -0.39 is 6.10 Å². The molecule has 0 aromatic heterocycles. The average Bonchev–Trinajstić information content (AvgIpc) is 2.32. The van der Waals surface area contributed by atoms with Gasteiger partial charge in [-0.1, -0.05) is 40.2 Å². The van der Waals surface area contributed by atoms with Crippen LogP contribution < -0.4 is 0 Å². The molecule has 1 unspecified atom stereocenters. The van der Waals surface area contributed by atoms with Crippen LogP contribution in [0.2, 0.25) is 0 Å². The topological polar surface area (TPSA) is 20.2 Å². The first-order valence-corrected chi connectivity index (χ1v) is 7.03. The van der Waals surface area contributed by atoms with Gasteiger partial charge in [0.15, 0.2) is 0 Å². The van der Waals surface area contributed by atoms with Crippen molar-refractivity contribution in [2.24, 2.45) is 0 Å². The minimum atomic E-state index is -0.732. The number of hydrogen-bond acceptors (Lipinski definition) is 1. The molecule has 0 fully saturated rings. The van der Waals surface area contributed by atoms with Crippen molar-refractivity contribution in [3.8, 4) is 0 Å². The van der Waals surface area contributed by atoms with Crippen molar-refractivity contribution < 1.29 is 9.50 Å².